The van der Waals surface area contributed by atoms with Gasteiger partial charge in [0, 0.05) is 23.6 Å². The molecule has 0 aliphatic heterocycles. The molecule has 1 saturated carbocycles. The van der Waals surface area contributed by atoms with Crippen molar-refractivity contribution in [1.82, 2.24) is 9.21 Å². The van der Waals surface area contributed by atoms with E-state index in [0.717, 1.165) is 22.9 Å². The highest BCUT2D eigenvalue weighted by Gasteiger charge is 2.42. The van der Waals surface area contributed by atoms with Gasteiger partial charge in [-0.25, -0.2) is 8.42 Å². The molecule has 6 heteroatoms. The lowest BCUT2D eigenvalue weighted by atomic mass is 9.75. The summed E-state index contributed by atoms with van der Waals surface area (Å²) in [6, 6.07) is 5.17. The summed E-state index contributed by atoms with van der Waals surface area (Å²) in [4.78, 5) is 2.52. The lowest BCUT2D eigenvalue weighted by Gasteiger charge is -2.48. The Morgan fingerprint density at radius 1 is 1.24 bits per heavy atom. The molecule has 1 fully saturated rings. The van der Waals surface area contributed by atoms with Crippen LogP contribution in [-0.4, -0.2) is 50.8 Å². The molecule has 0 atom stereocenters. The molecule has 2 rings (SSSR count). The number of nitrogens with zero attached hydrogens (tertiary/aromatic N) is 2. The summed E-state index contributed by atoms with van der Waals surface area (Å²) in [5, 5.41) is 0. The van der Waals surface area contributed by atoms with Crippen molar-refractivity contribution in [3.63, 3.8) is 0 Å². The summed E-state index contributed by atoms with van der Waals surface area (Å²) >= 11 is 3.41. The van der Waals surface area contributed by atoms with E-state index in [1.807, 2.05) is 21.0 Å². The van der Waals surface area contributed by atoms with Crippen LogP contribution in [0.1, 0.15) is 24.8 Å². The standard InChI is InChI=1S/C15H23BrN2O2S/c1-12-10-13(6-7-14(12)16)21(19,20)18(4)11-15(17(2)3)8-5-9-15/h6-7,10H,5,8-9,11H2,1-4H3. The zero-order valence-corrected chi connectivity index (χ0v) is 15.5. The maximum Gasteiger partial charge on any atom is 0.242 e. The molecule has 0 bridgehead atoms. The van der Waals surface area contributed by atoms with Crippen LogP contribution in [0.3, 0.4) is 0 Å². The molecule has 4 nitrogen and oxygen atoms in total. The van der Waals surface area contributed by atoms with Crippen LogP contribution < -0.4 is 0 Å². The maximum absolute atomic E-state index is 12.7. The van der Waals surface area contributed by atoms with Gasteiger partial charge >= 0.3 is 0 Å². The van der Waals surface area contributed by atoms with Crippen LogP contribution in [0.4, 0.5) is 0 Å². The van der Waals surface area contributed by atoms with Crippen molar-refractivity contribution in [2.24, 2.45) is 0 Å². The number of rotatable bonds is 5. The summed E-state index contributed by atoms with van der Waals surface area (Å²) in [5.74, 6) is 0. The minimum absolute atomic E-state index is 0.00771. The molecule has 0 N–H and O–H groups in total. The lowest BCUT2D eigenvalue weighted by molar-refractivity contribution is 0.0455. The van der Waals surface area contributed by atoms with Gasteiger partial charge in [0.2, 0.25) is 10.0 Å². The summed E-state index contributed by atoms with van der Waals surface area (Å²) in [6.45, 7) is 2.44. The third-order valence-electron chi connectivity index (χ3n) is 4.59. The number of likely N-dealkylation sites (N-methyl/N-ethyl adjacent to an activating group) is 2. The number of sulfonamides is 1. The van der Waals surface area contributed by atoms with Crippen LogP contribution >= 0.6 is 15.9 Å². The SMILES string of the molecule is Cc1cc(S(=O)(=O)N(C)CC2(N(C)C)CCC2)ccc1Br. The van der Waals surface area contributed by atoms with Gasteiger partial charge in [-0.1, -0.05) is 15.9 Å². The van der Waals surface area contributed by atoms with Gasteiger partial charge in [-0.15, -0.1) is 0 Å². The van der Waals surface area contributed by atoms with Gasteiger partial charge in [-0.2, -0.15) is 4.31 Å². The Balaban J connectivity index is 2.24. The molecule has 0 radical (unpaired) electrons. The number of halogens is 1. The van der Waals surface area contributed by atoms with Crippen molar-refractivity contribution in [1.29, 1.82) is 0 Å². The summed E-state index contributed by atoms with van der Waals surface area (Å²) in [6.07, 6.45) is 3.28. The minimum atomic E-state index is -3.44. The molecular weight excluding hydrogens is 352 g/mol. The Bertz CT molecular complexity index is 625. The number of hydrogen-bond acceptors (Lipinski definition) is 3. The number of benzene rings is 1. The Morgan fingerprint density at radius 3 is 2.29 bits per heavy atom. The molecule has 0 saturated heterocycles. The van der Waals surface area contributed by atoms with E-state index in [2.05, 4.69) is 20.8 Å². The second-order valence-electron chi connectivity index (χ2n) is 6.14. The first-order valence-corrected chi connectivity index (χ1v) is 9.32. The summed E-state index contributed by atoms with van der Waals surface area (Å²) in [7, 11) is 2.30. The van der Waals surface area contributed by atoms with Crippen molar-refractivity contribution < 1.29 is 8.42 Å². The average Bonchev–Trinajstić information content (AvgIpc) is 2.36. The fourth-order valence-electron chi connectivity index (χ4n) is 2.79. The maximum atomic E-state index is 12.7. The molecule has 118 valence electrons. The largest absolute Gasteiger partial charge is 0.302 e. The van der Waals surface area contributed by atoms with Gasteiger partial charge in [0.25, 0.3) is 0 Å². The molecular formula is C15H23BrN2O2S. The Labute approximate surface area is 136 Å². The Hall–Kier alpha value is -0.430. The molecule has 0 heterocycles. The molecule has 0 amide bonds. The van der Waals surface area contributed by atoms with E-state index < -0.39 is 10.0 Å². The highest BCUT2D eigenvalue weighted by molar-refractivity contribution is 9.10. The van der Waals surface area contributed by atoms with Crippen molar-refractivity contribution in [2.45, 2.75) is 36.6 Å². The smallest absolute Gasteiger partial charge is 0.242 e. The number of aryl methyl sites for hydroxylation is 1. The van der Waals surface area contributed by atoms with Gasteiger partial charge in [-0.3, -0.25) is 0 Å². The van der Waals surface area contributed by atoms with Crippen LogP contribution in [0, 0.1) is 6.92 Å². The average molecular weight is 375 g/mol. The van der Waals surface area contributed by atoms with Crippen molar-refractivity contribution >= 4 is 26.0 Å². The van der Waals surface area contributed by atoms with Gasteiger partial charge in [0.15, 0.2) is 0 Å². The van der Waals surface area contributed by atoms with Gasteiger partial charge < -0.3 is 4.90 Å². The second kappa shape index (κ2) is 5.99. The molecule has 0 spiro atoms. The van der Waals surface area contributed by atoms with Gasteiger partial charge in [-0.05, 0) is 64.0 Å². The first-order chi connectivity index (χ1) is 9.69. The molecule has 0 unspecified atom stereocenters. The Morgan fingerprint density at radius 2 is 1.86 bits per heavy atom. The third kappa shape index (κ3) is 3.18. The Kier molecular flexibility index (Phi) is 4.83. The fraction of sp³-hybridized carbons (Fsp3) is 0.600. The van der Waals surface area contributed by atoms with Crippen LogP contribution in [0.25, 0.3) is 0 Å². The highest BCUT2D eigenvalue weighted by atomic mass is 79.9. The van der Waals surface area contributed by atoms with E-state index in [-0.39, 0.29) is 5.54 Å². The molecule has 1 aliphatic rings. The zero-order chi connectivity index (χ0) is 15.8. The molecule has 21 heavy (non-hydrogen) atoms. The first-order valence-electron chi connectivity index (χ1n) is 7.09. The highest BCUT2D eigenvalue weighted by Crippen LogP contribution is 2.37. The van der Waals surface area contributed by atoms with Crippen LogP contribution in [0.5, 0.6) is 0 Å². The summed E-state index contributed by atoms with van der Waals surface area (Å²) in [5.41, 5.74) is 0.919. The number of hydrogen-bond donors (Lipinski definition) is 0. The van der Waals surface area contributed by atoms with E-state index in [9.17, 15) is 8.42 Å². The first kappa shape index (κ1) is 16.9. The minimum Gasteiger partial charge on any atom is -0.302 e. The summed E-state index contributed by atoms with van der Waals surface area (Å²) < 4.78 is 27.9. The predicted molar refractivity (Wildman–Crippen MR) is 89.0 cm³/mol. The third-order valence-corrected chi connectivity index (χ3v) is 7.28. The van der Waals surface area contributed by atoms with Crippen LogP contribution in [0.2, 0.25) is 0 Å². The van der Waals surface area contributed by atoms with E-state index >= 15 is 0 Å². The second-order valence-corrected chi connectivity index (χ2v) is 9.04. The normalized spacial score (nSPS) is 18.0. The van der Waals surface area contributed by atoms with E-state index in [1.165, 1.54) is 10.7 Å². The zero-order valence-electron chi connectivity index (χ0n) is 13.1. The monoisotopic (exact) mass is 374 g/mol. The van der Waals surface area contributed by atoms with Crippen molar-refractivity contribution in [2.75, 3.05) is 27.7 Å². The van der Waals surface area contributed by atoms with E-state index in [4.69, 9.17) is 0 Å². The van der Waals surface area contributed by atoms with E-state index in [1.54, 1.807) is 25.2 Å². The molecule has 1 aromatic carbocycles. The van der Waals surface area contributed by atoms with Gasteiger partial charge in [0.1, 0.15) is 0 Å². The molecule has 0 aromatic heterocycles. The van der Waals surface area contributed by atoms with Gasteiger partial charge in [0.05, 0.1) is 4.90 Å². The quantitative estimate of drug-likeness (QED) is 0.795. The topological polar surface area (TPSA) is 40.6 Å². The van der Waals surface area contributed by atoms with Crippen LogP contribution in [0.15, 0.2) is 27.6 Å². The molecule has 1 aromatic rings. The lowest BCUT2D eigenvalue weighted by Crippen LogP contribution is -2.57. The van der Waals surface area contributed by atoms with Crippen LogP contribution in [-0.2, 0) is 10.0 Å². The van der Waals surface area contributed by atoms with Crippen molar-refractivity contribution in [3.8, 4) is 0 Å². The fourth-order valence-corrected chi connectivity index (χ4v) is 4.37. The molecule has 1 aliphatic carbocycles. The van der Waals surface area contributed by atoms with E-state index in [0.29, 0.717) is 11.4 Å². The van der Waals surface area contributed by atoms with Crippen molar-refractivity contribution in [3.05, 3.63) is 28.2 Å². The predicted octanol–water partition coefficient (Wildman–Crippen LogP) is 2.86.